The van der Waals surface area contributed by atoms with Gasteiger partial charge in [0, 0.05) is 19.0 Å². The van der Waals surface area contributed by atoms with Crippen LogP contribution in [0.5, 0.6) is 0 Å². The summed E-state index contributed by atoms with van der Waals surface area (Å²) in [6.45, 7) is 6.42. The molecule has 1 rings (SSSR count). The zero-order chi connectivity index (χ0) is 11.8. The molecule has 0 aliphatic rings. The van der Waals surface area contributed by atoms with Crippen LogP contribution in [0.4, 0.5) is 5.69 Å². The zero-order valence-electron chi connectivity index (χ0n) is 9.85. The van der Waals surface area contributed by atoms with Gasteiger partial charge in [-0.2, -0.15) is 15.3 Å². The second-order valence-corrected chi connectivity index (χ2v) is 3.46. The Bertz CT molecular complexity index is 345. The molecule has 0 amide bonds. The molecule has 0 aliphatic heterocycles. The molecular formula is C12H18N4. The van der Waals surface area contributed by atoms with Gasteiger partial charge in [-0.3, -0.25) is 0 Å². The Morgan fingerprint density at radius 2 is 2.06 bits per heavy atom. The van der Waals surface area contributed by atoms with E-state index in [4.69, 9.17) is 0 Å². The van der Waals surface area contributed by atoms with Crippen molar-refractivity contribution < 1.29 is 0 Å². The van der Waals surface area contributed by atoms with Crippen LogP contribution in [0.1, 0.15) is 13.3 Å². The third-order valence-corrected chi connectivity index (χ3v) is 2.12. The molecule has 1 aromatic rings. The summed E-state index contributed by atoms with van der Waals surface area (Å²) in [4.78, 5) is 0. The molecule has 0 radical (unpaired) electrons. The average Bonchev–Trinajstić information content (AvgIpc) is 2.34. The summed E-state index contributed by atoms with van der Waals surface area (Å²) in [7, 11) is 1.92. The fourth-order valence-electron chi connectivity index (χ4n) is 1.25. The van der Waals surface area contributed by atoms with Crippen molar-refractivity contribution in [2.24, 2.45) is 10.2 Å². The van der Waals surface area contributed by atoms with Crippen molar-refractivity contribution in [1.29, 1.82) is 0 Å². The van der Waals surface area contributed by atoms with E-state index in [1.54, 1.807) is 5.12 Å². The van der Waals surface area contributed by atoms with Gasteiger partial charge in [0.25, 0.3) is 0 Å². The highest BCUT2D eigenvalue weighted by Gasteiger charge is 2.01. The zero-order valence-corrected chi connectivity index (χ0v) is 9.85. The van der Waals surface area contributed by atoms with E-state index >= 15 is 0 Å². The number of hydrazone groups is 2. The highest BCUT2D eigenvalue weighted by atomic mass is 15.7. The van der Waals surface area contributed by atoms with Crippen LogP contribution in [-0.2, 0) is 0 Å². The quantitative estimate of drug-likeness (QED) is 0.586. The minimum absolute atomic E-state index is 0.898. The Hall–Kier alpha value is -1.68. The van der Waals surface area contributed by atoms with Crippen LogP contribution in [0, 0.1) is 0 Å². The monoisotopic (exact) mass is 218 g/mol. The van der Waals surface area contributed by atoms with Gasteiger partial charge in [0.05, 0.1) is 5.69 Å². The standard InChI is InChI=1S/C12H18N4/c1-11(9-10-13-2)15-16(14-3)12-7-5-4-6-8-12/h4-8,13H,3,9-10H2,1-2H3/b15-11-. The molecule has 86 valence electrons. The number of anilines is 1. The van der Waals surface area contributed by atoms with E-state index in [1.807, 2.05) is 44.3 Å². The predicted octanol–water partition coefficient (Wildman–Crippen LogP) is 2.09. The van der Waals surface area contributed by atoms with E-state index in [0.29, 0.717) is 0 Å². The van der Waals surface area contributed by atoms with Gasteiger partial charge in [0.1, 0.15) is 0 Å². The number of nitrogens with one attached hydrogen (secondary N) is 1. The van der Waals surface area contributed by atoms with Crippen molar-refractivity contribution in [2.45, 2.75) is 13.3 Å². The molecule has 16 heavy (non-hydrogen) atoms. The lowest BCUT2D eigenvalue weighted by molar-refractivity contribution is 0.814. The molecule has 0 aromatic heterocycles. The molecule has 1 aromatic carbocycles. The van der Waals surface area contributed by atoms with Gasteiger partial charge in [0.2, 0.25) is 0 Å². The summed E-state index contributed by atoms with van der Waals surface area (Å²) in [5, 5.41) is 12.9. The fraction of sp³-hybridized carbons (Fsp3) is 0.333. The highest BCUT2D eigenvalue weighted by molar-refractivity contribution is 5.83. The lowest BCUT2D eigenvalue weighted by atomic mass is 10.3. The number of rotatable bonds is 6. The summed E-state index contributed by atoms with van der Waals surface area (Å²) >= 11 is 0. The van der Waals surface area contributed by atoms with E-state index in [0.717, 1.165) is 24.4 Å². The van der Waals surface area contributed by atoms with Crippen LogP contribution in [0.25, 0.3) is 0 Å². The Morgan fingerprint density at radius 1 is 1.38 bits per heavy atom. The van der Waals surface area contributed by atoms with Crippen molar-refractivity contribution in [3.8, 4) is 0 Å². The molecule has 0 saturated carbocycles. The van der Waals surface area contributed by atoms with E-state index in [9.17, 15) is 0 Å². The molecule has 4 heteroatoms. The predicted molar refractivity (Wildman–Crippen MR) is 70.1 cm³/mol. The molecule has 1 N–H and O–H groups in total. The summed E-state index contributed by atoms with van der Waals surface area (Å²) in [6.07, 6.45) is 0.898. The number of hydrogen-bond acceptors (Lipinski definition) is 4. The van der Waals surface area contributed by atoms with Crippen molar-refractivity contribution in [3.05, 3.63) is 30.3 Å². The molecular weight excluding hydrogens is 200 g/mol. The highest BCUT2D eigenvalue weighted by Crippen LogP contribution is 2.13. The van der Waals surface area contributed by atoms with Gasteiger partial charge < -0.3 is 5.32 Å². The van der Waals surface area contributed by atoms with Gasteiger partial charge in [-0.25, -0.2) is 0 Å². The van der Waals surface area contributed by atoms with Crippen molar-refractivity contribution in [3.63, 3.8) is 0 Å². The molecule has 4 nitrogen and oxygen atoms in total. The van der Waals surface area contributed by atoms with Crippen LogP contribution in [-0.4, -0.2) is 26.0 Å². The maximum absolute atomic E-state index is 4.38. The second-order valence-electron chi connectivity index (χ2n) is 3.46. The first-order chi connectivity index (χ1) is 7.77. The van der Waals surface area contributed by atoms with Crippen LogP contribution in [0.15, 0.2) is 40.5 Å². The first-order valence-electron chi connectivity index (χ1n) is 5.28. The molecule has 0 bridgehead atoms. The Morgan fingerprint density at radius 3 is 2.62 bits per heavy atom. The lowest BCUT2D eigenvalue weighted by Gasteiger charge is -2.13. The smallest absolute Gasteiger partial charge is 0.0856 e. The summed E-state index contributed by atoms with van der Waals surface area (Å²) in [5.41, 5.74) is 1.94. The molecule has 0 spiro atoms. The van der Waals surface area contributed by atoms with E-state index < -0.39 is 0 Å². The molecule has 0 unspecified atom stereocenters. The van der Waals surface area contributed by atoms with Crippen LogP contribution in [0.3, 0.4) is 0 Å². The average molecular weight is 218 g/mol. The van der Waals surface area contributed by atoms with E-state index in [-0.39, 0.29) is 0 Å². The Labute approximate surface area is 96.7 Å². The lowest BCUT2D eigenvalue weighted by Crippen LogP contribution is -2.15. The Kier molecular flexibility index (Phi) is 5.22. The number of nitrogens with zero attached hydrogens (tertiary/aromatic N) is 3. The molecule has 0 heterocycles. The van der Waals surface area contributed by atoms with Crippen molar-refractivity contribution >= 4 is 18.1 Å². The van der Waals surface area contributed by atoms with Crippen LogP contribution < -0.4 is 10.4 Å². The fourth-order valence-corrected chi connectivity index (χ4v) is 1.25. The van der Waals surface area contributed by atoms with Gasteiger partial charge in [0.15, 0.2) is 0 Å². The topological polar surface area (TPSA) is 40.0 Å². The maximum atomic E-state index is 4.38. The molecule has 0 saturated heterocycles. The summed E-state index contributed by atoms with van der Waals surface area (Å²) in [6, 6.07) is 9.76. The first kappa shape index (κ1) is 12.4. The minimum atomic E-state index is 0.898. The van der Waals surface area contributed by atoms with Crippen molar-refractivity contribution in [1.82, 2.24) is 5.32 Å². The molecule has 0 atom stereocenters. The number of benzene rings is 1. The van der Waals surface area contributed by atoms with E-state index in [2.05, 4.69) is 22.2 Å². The summed E-state index contributed by atoms with van der Waals surface area (Å²) in [5.74, 6) is 0. The van der Waals surface area contributed by atoms with E-state index in [1.165, 1.54) is 0 Å². The number of hydrogen-bond donors (Lipinski definition) is 1. The Balaban J connectivity index is 2.72. The van der Waals surface area contributed by atoms with Gasteiger partial charge in [-0.05, 0) is 32.5 Å². The normalized spacial score (nSPS) is 11.2. The molecule has 0 aliphatic carbocycles. The summed E-state index contributed by atoms with van der Waals surface area (Å²) < 4.78 is 0. The van der Waals surface area contributed by atoms with Crippen LogP contribution in [0.2, 0.25) is 0 Å². The largest absolute Gasteiger partial charge is 0.319 e. The third kappa shape index (κ3) is 3.82. The first-order valence-corrected chi connectivity index (χ1v) is 5.28. The van der Waals surface area contributed by atoms with Gasteiger partial charge in [-0.15, -0.1) is 0 Å². The maximum Gasteiger partial charge on any atom is 0.0856 e. The van der Waals surface area contributed by atoms with Crippen LogP contribution >= 0.6 is 0 Å². The van der Waals surface area contributed by atoms with Gasteiger partial charge >= 0.3 is 0 Å². The minimum Gasteiger partial charge on any atom is -0.319 e. The second kappa shape index (κ2) is 6.74. The molecule has 0 fully saturated rings. The number of para-hydroxylation sites is 1. The SMILES string of the molecule is C=NN(/N=C(/C)CCNC)c1ccccc1. The van der Waals surface area contributed by atoms with Gasteiger partial charge in [-0.1, -0.05) is 18.2 Å². The third-order valence-electron chi connectivity index (χ3n) is 2.12. The van der Waals surface area contributed by atoms with Crippen molar-refractivity contribution in [2.75, 3.05) is 18.7 Å².